The third-order valence-electron chi connectivity index (χ3n) is 3.66. The van der Waals surface area contributed by atoms with Gasteiger partial charge in [-0.25, -0.2) is 4.39 Å². The highest BCUT2D eigenvalue weighted by molar-refractivity contribution is 5.78. The number of benzene rings is 1. The summed E-state index contributed by atoms with van der Waals surface area (Å²) in [6.45, 7) is 0.516. The van der Waals surface area contributed by atoms with Crippen molar-refractivity contribution in [3.8, 4) is 5.75 Å². The molecule has 0 amide bonds. The molecule has 1 spiro atoms. The SMILES string of the molecule is O=C(O)[C@@H]1C[C@@]12CCOc1ccc(F)cc12. The van der Waals surface area contributed by atoms with Gasteiger partial charge in [-0.2, -0.15) is 0 Å². The predicted octanol–water partition coefficient (Wildman–Crippen LogP) is 1.95. The van der Waals surface area contributed by atoms with E-state index in [1.807, 2.05) is 0 Å². The van der Waals surface area contributed by atoms with Crippen molar-refractivity contribution >= 4 is 5.97 Å². The fourth-order valence-electron chi connectivity index (χ4n) is 2.70. The highest BCUT2D eigenvalue weighted by Crippen LogP contribution is 2.60. The van der Waals surface area contributed by atoms with Crippen LogP contribution in [0.3, 0.4) is 0 Å². The summed E-state index contributed by atoms with van der Waals surface area (Å²) in [7, 11) is 0. The van der Waals surface area contributed by atoms with Gasteiger partial charge in [-0.15, -0.1) is 0 Å². The van der Waals surface area contributed by atoms with E-state index in [4.69, 9.17) is 9.84 Å². The second-order valence-electron chi connectivity index (χ2n) is 4.49. The molecule has 4 heteroatoms. The number of carboxylic acids is 1. The summed E-state index contributed by atoms with van der Waals surface area (Å²) in [5, 5.41) is 9.03. The second-order valence-corrected chi connectivity index (χ2v) is 4.49. The van der Waals surface area contributed by atoms with Crippen molar-refractivity contribution in [3.63, 3.8) is 0 Å². The maximum absolute atomic E-state index is 13.2. The Kier molecular flexibility index (Phi) is 1.79. The minimum atomic E-state index is -0.794. The number of hydrogen-bond acceptors (Lipinski definition) is 2. The molecule has 1 heterocycles. The normalized spacial score (nSPS) is 30.7. The Morgan fingerprint density at radius 3 is 3.06 bits per heavy atom. The zero-order chi connectivity index (χ0) is 11.3. The summed E-state index contributed by atoms with van der Waals surface area (Å²) in [5.41, 5.74) is 0.354. The predicted molar refractivity (Wildman–Crippen MR) is 53.9 cm³/mol. The van der Waals surface area contributed by atoms with Crippen molar-refractivity contribution in [1.82, 2.24) is 0 Å². The van der Waals surface area contributed by atoms with E-state index >= 15 is 0 Å². The van der Waals surface area contributed by atoms with Crippen LogP contribution in [-0.2, 0) is 10.2 Å². The molecule has 0 saturated heterocycles. The van der Waals surface area contributed by atoms with Crippen molar-refractivity contribution in [3.05, 3.63) is 29.6 Å². The Balaban J connectivity index is 2.07. The van der Waals surface area contributed by atoms with E-state index in [2.05, 4.69) is 0 Å². The van der Waals surface area contributed by atoms with Gasteiger partial charge in [0.1, 0.15) is 11.6 Å². The zero-order valence-corrected chi connectivity index (χ0v) is 8.57. The fraction of sp³-hybridized carbons (Fsp3) is 0.417. The van der Waals surface area contributed by atoms with E-state index in [9.17, 15) is 9.18 Å². The molecular formula is C12H11FO3. The quantitative estimate of drug-likeness (QED) is 0.790. The summed E-state index contributed by atoms with van der Waals surface area (Å²) in [6, 6.07) is 4.34. The fourth-order valence-corrected chi connectivity index (χ4v) is 2.70. The third kappa shape index (κ3) is 1.16. The Morgan fingerprint density at radius 2 is 2.38 bits per heavy atom. The standard InChI is InChI=1S/C12H11FO3/c13-7-1-2-10-8(5-7)12(3-4-16-10)6-9(12)11(14)15/h1-2,5,9H,3-4,6H2,(H,14,15)/t9-,12+/m0/s1. The number of rotatable bonds is 1. The lowest BCUT2D eigenvalue weighted by Crippen LogP contribution is -2.24. The van der Waals surface area contributed by atoms with Crippen LogP contribution in [0.25, 0.3) is 0 Å². The van der Waals surface area contributed by atoms with Gasteiger partial charge >= 0.3 is 5.97 Å². The average molecular weight is 222 g/mol. The Hall–Kier alpha value is -1.58. The Morgan fingerprint density at radius 1 is 1.56 bits per heavy atom. The van der Waals surface area contributed by atoms with Gasteiger partial charge in [-0.1, -0.05) is 0 Å². The monoisotopic (exact) mass is 222 g/mol. The molecule has 1 fully saturated rings. The largest absolute Gasteiger partial charge is 0.493 e. The summed E-state index contributed by atoms with van der Waals surface area (Å²) in [4.78, 5) is 11.0. The van der Waals surface area contributed by atoms with Gasteiger partial charge < -0.3 is 9.84 Å². The third-order valence-corrected chi connectivity index (χ3v) is 3.66. The van der Waals surface area contributed by atoms with Crippen molar-refractivity contribution < 1.29 is 19.0 Å². The molecule has 84 valence electrons. The summed E-state index contributed by atoms with van der Waals surface area (Å²) >= 11 is 0. The average Bonchev–Trinajstić information content (AvgIpc) is 2.96. The number of fused-ring (bicyclic) bond motifs is 2. The number of ether oxygens (including phenoxy) is 1. The van der Waals surface area contributed by atoms with Gasteiger partial charge in [0.15, 0.2) is 0 Å². The van der Waals surface area contributed by atoms with Crippen LogP contribution < -0.4 is 4.74 Å². The Bertz CT molecular complexity index is 471. The number of carbonyl (C=O) groups is 1. The lowest BCUT2D eigenvalue weighted by molar-refractivity contribution is -0.139. The van der Waals surface area contributed by atoms with E-state index in [-0.39, 0.29) is 17.2 Å². The van der Waals surface area contributed by atoms with Crippen LogP contribution in [-0.4, -0.2) is 17.7 Å². The molecule has 2 aliphatic rings. The first-order valence-corrected chi connectivity index (χ1v) is 5.29. The number of halogens is 1. The smallest absolute Gasteiger partial charge is 0.307 e. The molecule has 0 unspecified atom stereocenters. The van der Waals surface area contributed by atoms with Crippen molar-refractivity contribution in [2.75, 3.05) is 6.61 Å². The molecule has 16 heavy (non-hydrogen) atoms. The van der Waals surface area contributed by atoms with Crippen molar-refractivity contribution in [2.24, 2.45) is 5.92 Å². The van der Waals surface area contributed by atoms with Crippen LogP contribution in [0.4, 0.5) is 4.39 Å². The van der Waals surface area contributed by atoms with E-state index < -0.39 is 5.97 Å². The van der Waals surface area contributed by atoms with Crippen LogP contribution in [0, 0.1) is 11.7 Å². The molecule has 1 aromatic rings. The first-order chi connectivity index (χ1) is 7.63. The molecule has 1 saturated carbocycles. The Labute approximate surface area is 91.8 Å². The first-order valence-electron chi connectivity index (χ1n) is 5.29. The second kappa shape index (κ2) is 2.97. The highest BCUT2D eigenvalue weighted by atomic mass is 19.1. The highest BCUT2D eigenvalue weighted by Gasteiger charge is 2.61. The molecule has 0 aromatic heterocycles. The van der Waals surface area contributed by atoms with E-state index in [0.717, 1.165) is 5.56 Å². The molecule has 3 rings (SSSR count). The van der Waals surface area contributed by atoms with Gasteiger partial charge in [-0.3, -0.25) is 4.79 Å². The zero-order valence-electron chi connectivity index (χ0n) is 8.57. The van der Waals surface area contributed by atoms with E-state index in [1.165, 1.54) is 12.1 Å². The van der Waals surface area contributed by atoms with Gasteiger partial charge in [0.05, 0.1) is 12.5 Å². The lowest BCUT2D eigenvalue weighted by atomic mass is 9.87. The van der Waals surface area contributed by atoms with E-state index in [1.54, 1.807) is 6.07 Å². The number of carboxylic acid groups (broad SMARTS) is 1. The van der Waals surface area contributed by atoms with Gasteiger partial charge in [0.2, 0.25) is 0 Å². The maximum atomic E-state index is 13.2. The lowest BCUT2D eigenvalue weighted by Gasteiger charge is -2.26. The molecule has 0 radical (unpaired) electrons. The maximum Gasteiger partial charge on any atom is 0.307 e. The number of aliphatic carboxylic acids is 1. The van der Waals surface area contributed by atoms with Crippen molar-refractivity contribution in [2.45, 2.75) is 18.3 Å². The summed E-state index contributed by atoms with van der Waals surface area (Å²) < 4.78 is 18.6. The summed E-state index contributed by atoms with van der Waals surface area (Å²) in [5.74, 6) is -0.870. The minimum absolute atomic E-state index is 0.334. The first kappa shape index (κ1) is 9.63. The molecular weight excluding hydrogens is 211 g/mol. The topological polar surface area (TPSA) is 46.5 Å². The molecule has 1 aliphatic heterocycles. The molecule has 2 atom stereocenters. The molecule has 3 nitrogen and oxygen atoms in total. The number of hydrogen-bond donors (Lipinski definition) is 1. The summed E-state index contributed by atoms with van der Waals surface area (Å²) in [6.07, 6.45) is 1.27. The van der Waals surface area contributed by atoms with E-state index in [0.29, 0.717) is 25.2 Å². The van der Waals surface area contributed by atoms with Gasteiger partial charge in [0, 0.05) is 11.0 Å². The molecule has 1 aliphatic carbocycles. The van der Waals surface area contributed by atoms with Crippen LogP contribution in [0.15, 0.2) is 18.2 Å². The van der Waals surface area contributed by atoms with Crippen LogP contribution in [0.1, 0.15) is 18.4 Å². The van der Waals surface area contributed by atoms with Crippen LogP contribution >= 0.6 is 0 Å². The molecule has 1 N–H and O–H groups in total. The van der Waals surface area contributed by atoms with Crippen LogP contribution in [0.2, 0.25) is 0 Å². The minimum Gasteiger partial charge on any atom is -0.493 e. The molecule has 0 bridgehead atoms. The van der Waals surface area contributed by atoms with Crippen LogP contribution in [0.5, 0.6) is 5.75 Å². The van der Waals surface area contributed by atoms with Crippen molar-refractivity contribution in [1.29, 1.82) is 0 Å². The van der Waals surface area contributed by atoms with Gasteiger partial charge in [0.25, 0.3) is 0 Å². The molecule has 1 aromatic carbocycles. The van der Waals surface area contributed by atoms with Gasteiger partial charge in [-0.05, 0) is 31.0 Å².